The van der Waals surface area contributed by atoms with E-state index < -0.39 is 17.8 Å². The molecule has 2 aromatic carbocycles. The average Bonchev–Trinajstić information content (AvgIpc) is 3.41. The predicted octanol–water partition coefficient (Wildman–Crippen LogP) is 4.93. The largest absolute Gasteiger partial charge is 0.495 e. The molecule has 4 aromatic rings. The fourth-order valence-electron chi connectivity index (χ4n) is 3.12. The highest BCUT2D eigenvalue weighted by Crippen LogP contribution is 2.30. The Morgan fingerprint density at radius 3 is 2.27 bits per heavy atom. The Morgan fingerprint density at radius 2 is 1.67 bits per heavy atom. The predicted molar refractivity (Wildman–Crippen MR) is 111 cm³/mol. The number of ether oxygens (including phenoxy) is 2. The molecule has 0 saturated carbocycles. The van der Waals surface area contributed by atoms with Gasteiger partial charge in [0.1, 0.15) is 11.6 Å². The molecule has 0 unspecified atom stereocenters. The molecule has 2 aromatic heterocycles. The number of hydrogen-bond donors (Lipinski definition) is 3. The Balaban J connectivity index is 0.000000171. The monoisotopic (exact) mass is 432 g/mol. The molecule has 4 rings (SSSR count). The number of rotatable bonds is 3. The smallest absolute Gasteiger partial charge is 0.339 e. The molecule has 2 heterocycles. The number of carbonyl (C=O) groups excluding carboxylic acids is 1. The maximum atomic E-state index is 13.6. The van der Waals surface area contributed by atoms with Crippen LogP contribution in [0.15, 0.2) is 36.7 Å². The molecule has 7 nitrogen and oxygen atoms in total. The number of aromatic nitrogens is 2. The highest BCUT2D eigenvalue weighted by molar-refractivity contribution is 6.38. The highest BCUT2D eigenvalue weighted by Gasteiger charge is 2.18. The summed E-state index contributed by atoms with van der Waals surface area (Å²) in [5.74, 6) is -2.16. The molecular weight excluding hydrogens is 415 g/mol. The summed E-state index contributed by atoms with van der Waals surface area (Å²) in [4.78, 5) is 28.0. The Labute approximate surface area is 175 Å². The summed E-state index contributed by atoms with van der Waals surface area (Å²) in [7, 11) is 2.74. The maximum absolute atomic E-state index is 13.6. The van der Waals surface area contributed by atoms with Crippen molar-refractivity contribution in [3.05, 3.63) is 64.2 Å². The summed E-state index contributed by atoms with van der Waals surface area (Å²) in [6, 6.07) is 6.21. The lowest BCUT2D eigenvalue weighted by Crippen LogP contribution is -2.02. The van der Waals surface area contributed by atoms with Crippen molar-refractivity contribution in [3.63, 3.8) is 0 Å². The Bertz CT molecular complexity index is 1260. The van der Waals surface area contributed by atoms with Gasteiger partial charge in [-0.05, 0) is 36.8 Å². The third kappa shape index (κ3) is 3.69. The number of carboxylic acids is 1. The van der Waals surface area contributed by atoms with Gasteiger partial charge in [-0.15, -0.1) is 0 Å². The van der Waals surface area contributed by atoms with Crippen LogP contribution in [0.25, 0.3) is 21.8 Å². The Kier molecular flexibility index (Phi) is 5.98. The number of aromatic amines is 2. The lowest BCUT2D eigenvalue weighted by Gasteiger charge is -2.05. The van der Waals surface area contributed by atoms with E-state index in [9.17, 15) is 14.0 Å². The molecule has 0 aliphatic heterocycles. The van der Waals surface area contributed by atoms with E-state index in [2.05, 4.69) is 14.7 Å². The van der Waals surface area contributed by atoms with Crippen LogP contribution in [0.5, 0.6) is 5.75 Å². The number of benzene rings is 2. The van der Waals surface area contributed by atoms with Crippen LogP contribution in [0.2, 0.25) is 5.02 Å². The van der Waals surface area contributed by atoms with Gasteiger partial charge in [0.05, 0.1) is 35.9 Å². The molecular formula is C21H18ClFN2O5. The molecule has 0 saturated heterocycles. The van der Waals surface area contributed by atoms with E-state index in [4.69, 9.17) is 21.4 Å². The minimum atomic E-state index is -1.31. The Morgan fingerprint density at radius 1 is 1.03 bits per heavy atom. The van der Waals surface area contributed by atoms with Crippen molar-refractivity contribution < 1.29 is 28.6 Å². The molecule has 0 amide bonds. The van der Waals surface area contributed by atoms with E-state index in [1.807, 2.05) is 13.0 Å². The second kappa shape index (κ2) is 8.46. The lowest BCUT2D eigenvalue weighted by atomic mass is 10.1. The number of aryl methyl sites for hydroxylation is 1. The van der Waals surface area contributed by atoms with Crippen LogP contribution in [-0.2, 0) is 4.74 Å². The summed E-state index contributed by atoms with van der Waals surface area (Å²) >= 11 is 6.11. The molecule has 0 fully saturated rings. The fourth-order valence-corrected chi connectivity index (χ4v) is 3.41. The van der Waals surface area contributed by atoms with Crippen LogP contribution in [0.1, 0.15) is 26.3 Å². The lowest BCUT2D eigenvalue weighted by molar-refractivity contribution is 0.0600. The van der Waals surface area contributed by atoms with Gasteiger partial charge in [-0.3, -0.25) is 0 Å². The van der Waals surface area contributed by atoms with Gasteiger partial charge in [0.15, 0.2) is 0 Å². The van der Waals surface area contributed by atoms with Crippen molar-refractivity contribution in [2.45, 2.75) is 6.92 Å². The summed E-state index contributed by atoms with van der Waals surface area (Å²) in [6.45, 7) is 1.92. The van der Waals surface area contributed by atoms with Gasteiger partial charge in [0, 0.05) is 28.7 Å². The minimum absolute atomic E-state index is 0.215. The number of methoxy groups -OCH3 is 2. The topological polar surface area (TPSA) is 104 Å². The number of esters is 1. The van der Waals surface area contributed by atoms with Crippen molar-refractivity contribution in [2.24, 2.45) is 0 Å². The second-order valence-electron chi connectivity index (χ2n) is 6.32. The normalized spacial score (nSPS) is 10.6. The first-order chi connectivity index (χ1) is 14.3. The van der Waals surface area contributed by atoms with Crippen LogP contribution in [-0.4, -0.2) is 41.2 Å². The third-order valence-corrected chi connectivity index (χ3v) is 4.98. The maximum Gasteiger partial charge on any atom is 0.339 e. The van der Waals surface area contributed by atoms with Gasteiger partial charge in [0.2, 0.25) is 0 Å². The van der Waals surface area contributed by atoms with Crippen molar-refractivity contribution in [3.8, 4) is 5.75 Å². The molecule has 0 radical (unpaired) electrons. The van der Waals surface area contributed by atoms with Crippen LogP contribution in [0.4, 0.5) is 4.39 Å². The molecule has 0 spiro atoms. The van der Waals surface area contributed by atoms with Gasteiger partial charge >= 0.3 is 11.9 Å². The van der Waals surface area contributed by atoms with E-state index in [0.29, 0.717) is 21.9 Å². The summed E-state index contributed by atoms with van der Waals surface area (Å²) in [5, 5.41) is 10.3. The van der Waals surface area contributed by atoms with E-state index in [1.54, 1.807) is 12.3 Å². The van der Waals surface area contributed by atoms with Gasteiger partial charge in [-0.25, -0.2) is 14.0 Å². The molecule has 3 N–H and O–H groups in total. The van der Waals surface area contributed by atoms with Crippen molar-refractivity contribution in [2.75, 3.05) is 14.2 Å². The van der Waals surface area contributed by atoms with Crippen LogP contribution in [0, 0.1) is 12.7 Å². The quantitative estimate of drug-likeness (QED) is 0.398. The zero-order valence-corrected chi connectivity index (χ0v) is 17.1. The number of halogens is 2. The first kappa shape index (κ1) is 21.2. The molecule has 0 aliphatic rings. The van der Waals surface area contributed by atoms with Crippen molar-refractivity contribution in [1.29, 1.82) is 0 Å². The van der Waals surface area contributed by atoms with E-state index in [0.717, 1.165) is 22.5 Å². The van der Waals surface area contributed by atoms with Crippen LogP contribution >= 0.6 is 11.6 Å². The third-order valence-electron chi connectivity index (χ3n) is 4.57. The Hall–Kier alpha value is -3.52. The molecule has 0 bridgehead atoms. The molecule has 156 valence electrons. The first-order valence-corrected chi connectivity index (χ1v) is 9.09. The van der Waals surface area contributed by atoms with Crippen molar-refractivity contribution in [1.82, 2.24) is 9.97 Å². The average molecular weight is 433 g/mol. The number of aromatic carboxylic acids is 1. The number of carboxylic acid groups (broad SMARTS) is 1. The molecule has 30 heavy (non-hydrogen) atoms. The van der Waals surface area contributed by atoms with Crippen molar-refractivity contribution >= 4 is 45.3 Å². The second-order valence-corrected chi connectivity index (χ2v) is 6.70. The molecule has 0 atom stereocenters. The molecule has 0 aliphatic carbocycles. The van der Waals surface area contributed by atoms with Crippen LogP contribution in [0.3, 0.4) is 0 Å². The number of hydrogen-bond acceptors (Lipinski definition) is 4. The zero-order chi connectivity index (χ0) is 22.0. The number of fused-ring (bicyclic) bond motifs is 2. The SMILES string of the molecule is COC(=O)c1cc(C)c2[nH]ccc2c1Cl.COc1cc(C(=O)O)c(F)c2cc[nH]c12. The fraction of sp³-hybridized carbons (Fsp3) is 0.143. The summed E-state index contributed by atoms with van der Waals surface area (Å²) < 4.78 is 23.2. The number of carbonyl (C=O) groups is 2. The highest BCUT2D eigenvalue weighted by atomic mass is 35.5. The van der Waals surface area contributed by atoms with E-state index in [1.165, 1.54) is 26.5 Å². The minimum Gasteiger partial charge on any atom is -0.495 e. The number of nitrogens with one attached hydrogen (secondary N) is 2. The standard InChI is InChI=1S/C11H10ClNO2.C10H8FNO3/c1-6-5-8(11(14)15-2)9(12)7-3-4-13-10(6)7;1-15-7-4-6(10(13)14)8(11)5-2-3-12-9(5)7/h3-5,13H,1-2H3;2-4,12H,1H3,(H,13,14). The van der Waals surface area contributed by atoms with Gasteiger partial charge in [-0.1, -0.05) is 11.6 Å². The van der Waals surface area contributed by atoms with E-state index >= 15 is 0 Å². The number of H-pyrrole nitrogens is 2. The van der Waals surface area contributed by atoms with Crippen LogP contribution < -0.4 is 4.74 Å². The zero-order valence-electron chi connectivity index (χ0n) is 16.3. The van der Waals surface area contributed by atoms with E-state index in [-0.39, 0.29) is 10.9 Å². The van der Waals surface area contributed by atoms with Gasteiger partial charge < -0.3 is 24.5 Å². The molecule has 9 heteroatoms. The first-order valence-electron chi connectivity index (χ1n) is 8.71. The van der Waals surface area contributed by atoms with Gasteiger partial charge in [0.25, 0.3) is 0 Å². The summed E-state index contributed by atoms with van der Waals surface area (Å²) in [5.41, 5.74) is 2.40. The van der Waals surface area contributed by atoms with Gasteiger partial charge in [-0.2, -0.15) is 0 Å². The summed E-state index contributed by atoms with van der Waals surface area (Å²) in [6.07, 6.45) is 3.33.